The molecule has 1 aliphatic rings. The summed E-state index contributed by atoms with van der Waals surface area (Å²) in [4.78, 5) is 11.9. The maximum atomic E-state index is 10.5. The van der Waals surface area contributed by atoms with Gasteiger partial charge in [-0.2, -0.15) is 0 Å². The zero-order valence-electron chi connectivity index (χ0n) is 6.71. The Kier molecular flexibility index (Phi) is 2.70. The second-order valence-electron chi connectivity index (χ2n) is 2.94. The van der Waals surface area contributed by atoms with Crippen LogP contribution in [0.2, 0.25) is 0 Å². The first-order valence-electron chi connectivity index (χ1n) is 3.86. The molecule has 0 aromatic carbocycles. The molecule has 0 aromatic heterocycles. The van der Waals surface area contributed by atoms with Crippen LogP contribution >= 0.6 is 0 Å². The summed E-state index contributed by atoms with van der Waals surface area (Å²) in [5, 5.41) is 11.7. The van der Waals surface area contributed by atoms with Gasteiger partial charge in [-0.05, 0) is 25.9 Å². The summed E-state index contributed by atoms with van der Waals surface area (Å²) < 4.78 is 0. The number of rotatable bonds is 2. The first-order valence-corrected chi connectivity index (χ1v) is 3.86. The minimum atomic E-state index is -0.788. The van der Waals surface area contributed by atoms with Crippen molar-refractivity contribution in [3.8, 4) is 0 Å². The predicted octanol–water partition coefficient (Wildman–Crippen LogP) is 0.206. The van der Waals surface area contributed by atoms with Gasteiger partial charge >= 0.3 is 6.09 Å². The summed E-state index contributed by atoms with van der Waals surface area (Å²) in [6.45, 7) is 2.31. The smallest absolute Gasteiger partial charge is 0.407 e. The number of hydrogen-bond acceptors (Lipinski definition) is 2. The van der Waals surface area contributed by atoms with Crippen molar-refractivity contribution in [1.29, 1.82) is 0 Å². The molecule has 0 saturated carbocycles. The van der Waals surface area contributed by atoms with Gasteiger partial charge in [0, 0.05) is 13.1 Å². The monoisotopic (exact) mass is 158 g/mol. The van der Waals surface area contributed by atoms with E-state index in [-0.39, 0.29) is 0 Å². The molecule has 0 aromatic rings. The maximum absolute atomic E-state index is 10.5. The molecule has 1 rings (SSSR count). The highest BCUT2D eigenvalue weighted by molar-refractivity contribution is 5.65. The zero-order chi connectivity index (χ0) is 8.27. The quantitative estimate of drug-likeness (QED) is 0.604. The Morgan fingerprint density at radius 2 is 2.55 bits per heavy atom. The van der Waals surface area contributed by atoms with Gasteiger partial charge in [-0.15, -0.1) is 0 Å². The molecule has 11 heavy (non-hydrogen) atoms. The topological polar surface area (TPSA) is 52.6 Å². The van der Waals surface area contributed by atoms with Gasteiger partial charge in [0.05, 0.1) is 0 Å². The average molecular weight is 158 g/mol. The predicted molar refractivity (Wildman–Crippen MR) is 41.6 cm³/mol. The summed E-state index contributed by atoms with van der Waals surface area (Å²) >= 11 is 0. The van der Waals surface area contributed by atoms with E-state index >= 15 is 0 Å². The van der Waals surface area contributed by atoms with Crippen molar-refractivity contribution >= 4 is 6.09 Å². The third kappa shape index (κ3) is 2.08. The van der Waals surface area contributed by atoms with E-state index in [1.807, 2.05) is 7.05 Å². The van der Waals surface area contributed by atoms with Crippen LogP contribution in [0, 0.1) is 5.92 Å². The van der Waals surface area contributed by atoms with Crippen molar-refractivity contribution < 1.29 is 9.90 Å². The van der Waals surface area contributed by atoms with Crippen LogP contribution in [0.15, 0.2) is 0 Å². The maximum Gasteiger partial charge on any atom is 0.407 e. The van der Waals surface area contributed by atoms with Crippen molar-refractivity contribution in [2.45, 2.75) is 6.42 Å². The van der Waals surface area contributed by atoms with Crippen LogP contribution in [0.4, 0.5) is 4.79 Å². The van der Waals surface area contributed by atoms with Gasteiger partial charge in [-0.25, -0.2) is 4.79 Å². The van der Waals surface area contributed by atoms with Crippen LogP contribution in [-0.2, 0) is 0 Å². The summed E-state index contributed by atoms with van der Waals surface area (Å²) in [6, 6.07) is 0. The van der Waals surface area contributed by atoms with Gasteiger partial charge in [-0.1, -0.05) is 0 Å². The molecule has 1 atom stereocenters. The number of carbonyl (C=O) groups is 1. The lowest BCUT2D eigenvalue weighted by Crippen LogP contribution is -2.28. The van der Waals surface area contributed by atoms with E-state index in [9.17, 15) is 4.79 Å². The van der Waals surface area contributed by atoms with Crippen molar-refractivity contribution in [1.82, 2.24) is 10.2 Å². The van der Waals surface area contributed by atoms with Gasteiger partial charge in [0.2, 0.25) is 0 Å². The number of carboxylic acid groups (broad SMARTS) is 1. The van der Waals surface area contributed by atoms with Crippen molar-refractivity contribution in [3.05, 3.63) is 0 Å². The number of nitrogens with zero attached hydrogens (tertiary/aromatic N) is 1. The van der Waals surface area contributed by atoms with Crippen LogP contribution in [0.1, 0.15) is 6.42 Å². The molecule has 64 valence electrons. The molecule has 0 radical (unpaired) electrons. The fourth-order valence-electron chi connectivity index (χ4n) is 1.46. The van der Waals surface area contributed by atoms with Crippen molar-refractivity contribution in [2.24, 2.45) is 5.92 Å². The number of nitrogens with one attached hydrogen (secondary N) is 1. The first-order chi connectivity index (χ1) is 5.24. The van der Waals surface area contributed by atoms with E-state index in [1.54, 1.807) is 0 Å². The van der Waals surface area contributed by atoms with E-state index < -0.39 is 6.09 Å². The Hall–Kier alpha value is -0.770. The SMILES string of the molecule is CNCC1CCN(C(=O)O)C1. The molecular formula is C7H14N2O2. The van der Waals surface area contributed by atoms with Crippen molar-refractivity contribution in [3.63, 3.8) is 0 Å². The standard InChI is InChI=1S/C7H14N2O2/c1-8-4-6-2-3-9(5-6)7(10)11/h6,8H,2-5H2,1H3,(H,10,11). The van der Waals surface area contributed by atoms with Gasteiger partial charge in [0.15, 0.2) is 0 Å². The molecule has 1 fully saturated rings. The lowest BCUT2D eigenvalue weighted by molar-refractivity contribution is 0.154. The highest BCUT2D eigenvalue weighted by Crippen LogP contribution is 2.14. The summed E-state index contributed by atoms with van der Waals surface area (Å²) in [5.74, 6) is 0.510. The Morgan fingerprint density at radius 1 is 1.82 bits per heavy atom. The van der Waals surface area contributed by atoms with E-state index in [2.05, 4.69) is 5.32 Å². The Morgan fingerprint density at radius 3 is 3.00 bits per heavy atom. The summed E-state index contributed by atoms with van der Waals surface area (Å²) in [6.07, 6.45) is 0.205. The second-order valence-corrected chi connectivity index (χ2v) is 2.94. The molecule has 0 aliphatic carbocycles. The fraction of sp³-hybridized carbons (Fsp3) is 0.857. The normalized spacial score (nSPS) is 24.1. The number of likely N-dealkylation sites (tertiary alicyclic amines) is 1. The third-order valence-electron chi connectivity index (χ3n) is 2.05. The van der Waals surface area contributed by atoms with E-state index in [4.69, 9.17) is 5.11 Å². The van der Waals surface area contributed by atoms with Crippen LogP contribution in [0.5, 0.6) is 0 Å². The van der Waals surface area contributed by atoms with Gasteiger partial charge in [0.1, 0.15) is 0 Å². The Bertz CT molecular complexity index is 149. The summed E-state index contributed by atoms with van der Waals surface area (Å²) in [7, 11) is 1.89. The molecule has 0 bridgehead atoms. The van der Waals surface area contributed by atoms with Crippen LogP contribution < -0.4 is 5.32 Å². The van der Waals surface area contributed by atoms with E-state index in [1.165, 1.54) is 4.90 Å². The third-order valence-corrected chi connectivity index (χ3v) is 2.05. The minimum absolute atomic E-state index is 0.510. The number of amides is 1. The van der Waals surface area contributed by atoms with Crippen LogP contribution in [-0.4, -0.2) is 42.8 Å². The molecule has 2 N–H and O–H groups in total. The number of hydrogen-bond donors (Lipinski definition) is 2. The molecule has 4 nitrogen and oxygen atoms in total. The molecular weight excluding hydrogens is 144 g/mol. The average Bonchev–Trinajstić information content (AvgIpc) is 2.37. The molecule has 1 aliphatic heterocycles. The van der Waals surface area contributed by atoms with Crippen molar-refractivity contribution in [2.75, 3.05) is 26.7 Å². The molecule has 1 saturated heterocycles. The largest absolute Gasteiger partial charge is 0.465 e. The lowest BCUT2D eigenvalue weighted by Gasteiger charge is -2.11. The van der Waals surface area contributed by atoms with E-state index in [0.717, 1.165) is 13.0 Å². The molecule has 1 heterocycles. The minimum Gasteiger partial charge on any atom is -0.465 e. The van der Waals surface area contributed by atoms with E-state index in [0.29, 0.717) is 19.0 Å². The van der Waals surface area contributed by atoms with Gasteiger partial charge in [0.25, 0.3) is 0 Å². The lowest BCUT2D eigenvalue weighted by atomic mass is 10.1. The molecule has 0 spiro atoms. The highest BCUT2D eigenvalue weighted by atomic mass is 16.4. The first kappa shape index (κ1) is 8.33. The Balaban J connectivity index is 2.29. The molecule has 1 amide bonds. The summed E-state index contributed by atoms with van der Waals surface area (Å²) in [5.41, 5.74) is 0. The molecule has 1 unspecified atom stereocenters. The van der Waals surface area contributed by atoms with Crippen LogP contribution in [0.3, 0.4) is 0 Å². The highest BCUT2D eigenvalue weighted by Gasteiger charge is 2.24. The van der Waals surface area contributed by atoms with Crippen LogP contribution in [0.25, 0.3) is 0 Å². The van der Waals surface area contributed by atoms with Gasteiger partial charge < -0.3 is 15.3 Å². The second kappa shape index (κ2) is 3.57. The Labute approximate surface area is 66.2 Å². The zero-order valence-corrected chi connectivity index (χ0v) is 6.71. The molecule has 4 heteroatoms. The van der Waals surface area contributed by atoms with Gasteiger partial charge in [-0.3, -0.25) is 0 Å². The fourth-order valence-corrected chi connectivity index (χ4v) is 1.46.